The number of hydrogen-bond acceptors (Lipinski definition) is 3. The Balaban J connectivity index is 2.13. The first-order chi connectivity index (χ1) is 10.5. The molecular formula is C19H22O3. The van der Waals surface area contributed by atoms with Crippen LogP contribution in [0.2, 0.25) is 0 Å². The summed E-state index contributed by atoms with van der Waals surface area (Å²) in [4.78, 5) is 0. The number of hydrogen-bond donors (Lipinski definition) is 3. The van der Waals surface area contributed by atoms with Crippen molar-refractivity contribution >= 4 is 6.08 Å². The number of aromatic hydroxyl groups is 1. The van der Waals surface area contributed by atoms with Crippen LogP contribution in [0.15, 0.2) is 65.7 Å². The van der Waals surface area contributed by atoms with Crippen molar-refractivity contribution < 1.29 is 15.3 Å². The molecule has 1 aromatic rings. The maximum Gasteiger partial charge on any atom is 0.119 e. The van der Waals surface area contributed by atoms with Crippen molar-refractivity contribution in [3.63, 3.8) is 0 Å². The van der Waals surface area contributed by atoms with Crippen LogP contribution < -0.4 is 0 Å². The third-order valence-corrected chi connectivity index (χ3v) is 3.75. The number of aliphatic hydroxyl groups excluding tert-OH is 2. The highest BCUT2D eigenvalue weighted by Gasteiger charge is 2.23. The number of benzene rings is 1. The summed E-state index contributed by atoms with van der Waals surface area (Å²) in [6.07, 6.45) is 9.97. The van der Waals surface area contributed by atoms with Crippen LogP contribution in [0.1, 0.15) is 25.8 Å². The second-order valence-corrected chi connectivity index (χ2v) is 5.55. The van der Waals surface area contributed by atoms with E-state index >= 15 is 0 Å². The van der Waals surface area contributed by atoms with Gasteiger partial charge in [-0.05, 0) is 30.7 Å². The fourth-order valence-electron chi connectivity index (χ4n) is 2.66. The van der Waals surface area contributed by atoms with E-state index in [1.165, 1.54) is 0 Å². The lowest BCUT2D eigenvalue weighted by Crippen LogP contribution is -2.12. The van der Waals surface area contributed by atoms with Crippen molar-refractivity contribution in [2.45, 2.75) is 20.3 Å². The molecule has 0 aromatic heterocycles. The van der Waals surface area contributed by atoms with Crippen molar-refractivity contribution in [1.29, 1.82) is 0 Å². The van der Waals surface area contributed by atoms with Gasteiger partial charge in [0.05, 0.1) is 0 Å². The Bertz CT molecular complexity index is 633. The average molecular weight is 298 g/mol. The molecule has 1 aromatic carbocycles. The minimum atomic E-state index is -0.0460. The predicted molar refractivity (Wildman–Crippen MR) is 89.6 cm³/mol. The fraction of sp³-hybridized carbons (Fsp3) is 0.263. The molecule has 3 N–H and O–H groups in total. The molecule has 0 radical (unpaired) electrons. The highest BCUT2D eigenvalue weighted by atomic mass is 16.3. The molecule has 0 bridgehead atoms. The standard InChI is InChI=1S/C19H22O3/c1-3-4-13(2)19-17(21)11-15(12-18(19)22)6-5-14-7-9-16(20)10-8-14/h3-11,13,15,20-22H,12H2,1-2H3. The van der Waals surface area contributed by atoms with E-state index in [2.05, 4.69) is 0 Å². The zero-order chi connectivity index (χ0) is 16.1. The number of rotatable bonds is 4. The normalized spacial score (nSPS) is 20.6. The van der Waals surface area contributed by atoms with E-state index in [-0.39, 0.29) is 29.1 Å². The lowest BCUT2D eigenvalue weighted by molar-refractivity contribution is 0.330. The Labute approximate surface area is 131 Å². The molecule has 3 heteroatoms. The molecule has 0 saturated heterocycles. The first kappa shape index (κ1) is 16.0. The lowest BCUT2D eigenvalue weighted by atomic mass is 9.87. The van der Waals surface area contributed by atoms with Gasteiger partial charge in [-0.25, -0.2) is 0 Å². The van der Waals surface area contributed by atoms with E-state index < -0.39 is 0 Å². The van der Waals surface area contributed by atoms with E-state index in [0.29, 0.717) is 12.0 Å². The summed E-state index contributed by atoms with van der Waals surface area (Å²) in [5, 5.41) is 29.7. The summed E-state index contributed by atoms with van der Waals surface area (Å²) in [5.74, 6) is 0.565. The smallest absolute Gasteiger partial charge is 0.119 e. The van der Waals surface area contributed by atoms with Gasteiger partial charge < -0.3 is 15.3 Å². The van der Waals surface area contributed by atoms with Crippen LogP contribution in [-0.2, 0) is 0 Å². The molecule has 2 unspecified atom stereocenters. The number of phenolic OH excluding ortho intramolecular Hbond substituents is 1. The Morgan fingerprint density at radius 2 is 1.82 bits per heavy atom. The molecule has 3 nitrogen and oxygen atoms in total. The van der Waals surface area contributed by atoms with Gasteiger partial charge in [0, 0.05) is 23.8 Å². The molecule has 116 valence electrons. The predicted octanol–water partition coefficient (Wildman–Crippen LogP) is 4.89. The van der Waals surface area contributed by atoms with Gasteiger partial charge in [0.15, 0.2) is 0 Å². The fourth-order valence-corrected chi connectivity index (χ4v) is 2.66. The quantitative estimate of drug-likeness (QED) is 0.693. The Kier molecular flexibility index (Phi) is 5.10. The molecule has 22 heavy (non-hydrogen) atoms. The first-order valence-electron chi connectivity index (χ1n) is 7.44. The monoisotopic (exact) mass is 298 g/mol. The van der Waals surface area contributed by atoms with Gasteiger partial charge in [0.2, 0.25) is 0 Å². The molecule has 1 aliphatic rings. The van der Waals surface area contributed by atoms with E-state index in [1.54, 1.807) is 18.2 Å². The van der Waals surface area contributed by atoms with Gasteiger partial charge in [-0.1, -0.05) is 43.4 Å². The van der Waals surface area contributed by atoms with E-state index in [9.17, 15) is 15.3 Å². The third kappa shape index (κ3) is 3.82. The van der Waals surface area contributed by atoms with Gasteiger partial charge in [0.25, 0.3) is 0 Å². The van der Waals surface area contributed by atoms with Crippen molar-refractivity contribution in [2.24, 2.45) is 11.8 Å². The van der Waals surface area contributed by atoms with Gasteiger partial charge in [-0.3, -0.25) is 0 Å². The number of phenols is 1. The van der Waals surface area contributed by atoms with Crippen molar-refractivity contribution in [3.8, 4) is 5.75 Å². The first-order valence-corrected chi connectivity index (χ1v) is 7.44. The van der Waals surface area contributed by atoms with Crippen LogP contribution in [0.25, 0.3) is 6.08 Å². The molecule has 0 fully saturated rings. The Hall–Kier alpha value is -2.42. The number of allylic oxidation sites excluding steroid dienone is 6. The summed E-state index contributed by atoms with van der Waals surface area (Å²) >= 11 is 0. The molecule has 2 rings (SSSR count). The van der Waals surface area contributed by atoms with Gasteiger partial charge >= 0.3 is 0 Å². The Morgan fingerprint density at radius 3 is 2.41 bits per heavy atom. The Morgan fingerprint density at radius 1 is 1.14 bits per heavy atom. The zero-order valence-electron chi connectivity index (χ0n) is 12.9. The molecule has 0 spiro atoms. The van der Waals surface area contributed by atoms with Crippen molar-refractivity contribution in [2.75, 3.05) is 0 Å². The molecular weight excluding hydrogens is 276 g/mol. The van der Waals surface area contributed by atoms with Crippen LogP contribution >= 0.6 is 0 Å². The SMILES string of the molecule is CC=CC(C)C1=C(O)CC(C=Cc2ccc(O)cc2)C=C1O. The topological polar surface area (TPSA) is 60.7 Å². The van der Waals surface area contributed by atoms with Crippen LogP contribution in [-0.4, -0.2) is 15.3 Å². The lowest BCUT2D eigenvalue weighted by Gasteiger charge is -2.22. The third-order valence-electron chi connectivity index (χ3n) is 3.75. The average Bonchev–Trinajstić information content (AvgIpc) is 2.46. The van der Waals surface area contributed by atoms with E-state index in [4.69, 9.17) is 0 Å². The zero-order valence-corrected chi connectivity index (χ0v) is 12.9. The van der Waals surface area contributed by atoms with Crippen LogP contribution in [0.4, 0.5) is 0 Å². The molecule has 1 aliphatic carbocycles. The van der Waals surface area contributed by atoms with Crippen LogP contribution in [0, 0.1) is 11.8 Å². The summed E-state index contributed by atoms with van der Waals surface area (Å²) in [5.41, 5.74) is 1.56. The summed E-state index contributed by atoms with van der Waals surface area (Å²) in [6, 6.07) is 6.88. The van der Waals surface area contributed by atoms with Gasteiger partial charge in [0.1, 0.15) is 17.3 Å². The van der Waals surface area contributed by atoms with Gasteiger partial charge in [-0.15, -0.1) is 0 Å². The highest BCUT2D eigenvalue weighted by Crippen LogP contribution is 2.32. The molecule has 0 saturated carbocycles. The molecule has 2 atom stereocenters. The summed E-state index contributed by atoms with van der Waals surface area (Å²) in [6.45, 7) is 3.86. The second-order valence-electron chi connectivity index (χ2n) is 5.55. The highest BCUT2D eigenvalue weighted by molar-refractivity contribution is 5.52. The maximum atomic E-state index is 10.2. The molecule has 0 aliphatic heterocycles. The second kappa shape index (κ2) is 7.03. The molecule has 0 heterocycles. The minimum Gasteiger partial charge on any atom is -0.512 e. The van der Waals surface area contributed by atoms with Crippen molar-refractivity contribution in [1.82, 2.24) is 0 Å². The maximum absolute atomic E-state index is 10.2. The van der Waals surface area contributed by atoms with E-state index in [0.717, 1.165) is 5.56 Å². The summed E-state index contributed by atoms with van der Waals surface area (Å²) < 4.78 is 0. The van der Waals surface area contributed by atoms with Crippen LogP contribution in [0.3, 0.4) is 0 Å². The number of aliphatic hydroxyl groups is 2. The minimum absolute atomic E-state index is 0.0109. The van der Waals surface area contributed by atoms with Crippen LogP contribution in [0.5, 0.6) is 5.75 Å². The molecule has 0 amide bonds. The largest absolute Gasteiger partial charge is 0.512 e. The van der Waals surface area contributed by atoms with Gasteiger partial charge in [-0.2, -0.15) is 0 Å². The summed E-state index contributed by atoms with van der Waals surface area (Å²) in [7, 11) is 0. The van der Waals surface area contributed by atoms with E-state index in [1.807, 2.05) is 50.3 Å². The van der Waals surface area contributed by atoms with Crippen molar-refractivity contribution in [3.05, 3.63) is 71.2 Å².